The van der Waals surface area contributed by atoms with Crippen LogP contribution in [0.4, 0.5) is 10.2 Å². The zero-order valence-corrected chi connectivity index (χ0v) is 11.2. The van der Waals surface area contributed by atoms with Gasteiger partial charge in [-0.2, -0.15) is 0 Å². The summed E-state index contributed by atoms with van der Waals surface area (Å²) in [7, 11) is 1.94. The third kappa shape index (κ3) is 3.19. The van der Waals surface area contributed by atoms with E-state index in [0.29, 0.717) is 11.6 Å². The molecule has 1 aromatic carbocycles. The Hall–Kier alpha value is -2.17. The number of anilines is 1. The van der Waals surface area contributed by atoms with Crippen LogP contribution in [-0.4, -0.2) is 23.6 Å². The molecule has 100 valence electrons. The average Bonchev–Trinajstić information content (AvgIpc) is 2.41. The predicted octanol–water partition coefficient (Wildman–Crippen LogP) is 3.17. The first-order valence-electron chi connectivity index (χ1n) is 6.07. The number of hydrogen-bond acceptors (Lipinski definition) is 4. The van der Waals surface area contributed by atoms with Gasteiger partial charge in [0.2, 0.25) is 5.88 Å². The first kappa shape index (κ1) is 13.3. The summed E-state index contributed by atoms with van der Waals surface area (Å²) in [4.78, 5) is 10.2. The molecule has 0 atom stereocenters. The Morgan fingerprint density at radius 2 is 2.05 bits per heavy atom. The van der Waals surface area contributed by atoms with E-state index in [0.717, 1.165) is 17.9 Å². The van der Waals surface area contributed by atoms with Crippen molar-refractivity contribution in [2.24, 2.45) is 0 Å². The highest BCUT2D eigenvalue weighted by Gasteiger charge is 2.07. The number of hydrogen-bond donors (Lipinski definition) is 0. The number of aryl methyl sites for hydroxylation is 1. The normalized spacial score (nSPS) is 10.3. The smallest absolute Gasteiger partial charge is 0.224 e. The first-order valence-corrected chi connectivity index (χ1v) is 6.07. The van der Waals surface area contributed by atoms with E-state index in [4.69, 9.17) is 4.74 Å². The predicted molar refractivity (Wildman–Crippen MR) is 72.2 cm³/mol. The van der Waals surface area contributed by atoms with Gasteiger partial charge in [0.25, 0.3) is 0 Å². The average molecular weight is 261 g/mol. The molecule has 0 aliphatic rings. The fourth-order valence-electron chi connectivity index (χ4n) is 1.60. The number of rotatable bonds is 4. The summed E-state index contributed by atoms with van der Waals surface area (Å²) in [5.74, 6) is 1.54. The molecule has 0 bridgehead atoms. The van der Waals surface area contributed by atoms with E-state index in [1.54, 1.807) is 19.1 Å². The molecule has 0 N–H and O–H groups in total. The summed E-state index contributed by atoms with van der Waals surface area (Å²) in [6, 6.07) is 6.14. The topological polar surface area (TPSA) is 38.2 Å². The number of benzene rings is 1. The molecule has 0 aliphatic carbocycles. The molecule has 2 rings (SSSR count). The van der Waals surface area contributed by atoms with Crippen LogP contribution in [0.5, 0.6) is 11.6 Å². The van der Waals surface area contributed by atoms with E-state index in [1.807, 2.05) is 18.9 Å². The number of nitrogens with zero attached hydrogens (tertiary/aromatic N) is 3. The number of ether oxygens (including phenoxy) is 1. The van der Waals surface area contributed by atoms with Crippen LogP contribution in [0.2, 0.25) is 0 Å². The van der Waals surface area contributed by atoms with Gasteiger partial charge in [-0.05, 0) is 37.6 Å². The lowest BCUT2D eigenvalue weighted by molar-refractivity contribution is 0.456. The van der Waals surface area contributed by atoms with Crippen molar-refractivity contribution in [1.82, 2.24) is 9.97 Å². The molecule has 0 saturated heterocycles. The minimum Gasteiger partial charge on any atom is -0.439 e. The van der Waals surface area contributed by atoms with E-state index in [9.17, 15) is 4.39 Å². The van der Waals surface area contributed by atoms with Crippen LogP contribution in [0.15, 0.2) is 30.6 Å². The van der Waals surface area contributed by atoms with Gasteiger partial charge in [0.1, 0.15) is 23.7 Å². The Kier molecular flexibility index (Phi) is 3.94. The third-order valence-corrected chi connectivity index (χ3v) is 2.84. The zero-order valence-electron chi connectivity index (χ0n) is 11.2. The van der Waals surface area contributed by atoms with Gasteiger partial charge in [-0.25, -0.2) is 14.4 Å². The molecule has 1 heterocycles. The van der Waals surface area contributed by atoms with Crippen LogP contribution in [0.25, 0.3) is 0 Å². The lowest BCUT2D eigenvalue weighted by Crippen LogP contribution is -2.17. The van der Waals surface area contributed by atoms with Crippen molar-refractivity contribution in [3.8, 4) is 11.6 Å². The van der Waals surface area contributed by atoms with Crippen LogP contribution < -0.4 is 9.64 Å². The fraction of sp³-hybridized carbons (Fsp3) is 0.286. The maximum atomic E-state index is 13.0. The van der Waals surface area contributed by atoms with E-state index in [2.05, 4.69) is 9.97 Å². The summed E-state index contributed by atoms with van der Waals surface area (Å²) in [5, 5.41) is 0. The first-order chi connectivity index (χ1) is 9.10. The molecule has 0 unspecified atom stereocenters. The Balaban J connectivity index is 2.23. The quantitative estimate of drug-likeness (QED) is 0.847. The molecule has 5 heteroatoms. The van der Waals surface area contributed by atoms with Gasteiger partial charge in [-0.1, -0.05) is 0 Å². The van der Waals surface area contributed by atoms with Crippen molar-refractivity contribution in [1.29, 1.82) is 0 Å². The van der Waals surface area contributed by atoms with Gasteiger partial charge in [0.05, 0.1) is 0 Å². The Bertz CT molecular complexity index is 574. The summed E-state index contributed by atoms with van der Waals surface area (Å²) in [5.41, 5.74) is 0.726. The molecule has 0 fully saturated rings. The highest BCUT2D eigenvalue weighted by molar-refractivity contribution is 5.42. The van der Waals surface area contributed by atoms with Gasteiger partial charge in [0.15, 0.2) is 0 Å². The minimum absolute atomic E-state index is 0.279. The molecule has 19 heavy (non-hydrogen) atoms. The maximum Gasteiger partial charge on any atom is 0.224 e. The standard InChI is InChI=1S/C14H16FN3O/c1-4-18(3)13-8-14(17-9-16-13)19-12-6-5-11(15)7-10(12)2/h5-9H,4H2,1-3H3. The van der Waals surface area contributed by atoms with Crippen LogP contribution >= 0.6 is 0 Å². The Morgan fingerprint density at radius 1 is 1.26 bits per heavy atom. The second-order valence-corrected chi connectivity index (χ2v) is 4.24. The van der Waals surface area contributed by atoms with Gasteiger partial charge in [-0.3, -0.25) is 0 Å². The van der Waals surface area contributed by atoms with E-state index in [-0.39, 0.29) is 5.82 Å². The summed E-state index contributed by atoms with van der Waals surface area (Å²) in [6.07, 6.45) is 1.45. The Morgan fingerprint density at radius 3 is 2.74 bits per heavy atom. The number of halogens is 1. The summed E-state index contributed by atoms with van der Waals surface area (Å²) < 4.78 is 18.7. The largest absolute Gasteiger partial charge is 0.439 e. The molecular weight excluding hydrogens is 245 g/mol. The molecule has 1 aromatic heterocycles. The highest BCUT2D eigenvalue weighted by atomic mass is 19.1. The van der Waals surface area contributed by atoms with Gasteiger partial charge >= 0.3 is 0 Å². The molecule has 0 spiro atoms. The van der Waals surface area contributed by atoms with Gasteiger partial charge in [-0.15, -0.1) is 0 Å². The molecular formula is C14H16FN3O. The molecule has 2 aromatic rings. The van der Waals surface area contributed by atoms with Crippen LogP contribution in [0.1, 0.15) is 12.5 Å². The Labute approximate surface area is 111 Å². The van der Waals surface area contributed by atoms with E-state index in [1.165, 1.54) is 18.5 Å². The number of aromatic nitrogens is 2. The molecule has 0 aliphatic heterocycles. The van der Waals surface area contributed by atoms with Crippen molar-refractivity contribution in [2.75, 3.05) is 18.5 Å². The maximum absolute atomic E-state index is 13.0. The minimum atomic E-state index is -0.279. The van der Waals surface area contributed by atoms with Crippen molar-refractivity contribution in [3.63, 3.8) is 0 Å². The molecule has 4 nitrogen and oxygen atoms in total. The van der Waals surface area contributed by atoms with Gasteiger partial charge in [0, 0.05) is 19.7 Å². The van der Waals surface area contributed by atoms with E-state index < -0.39 is 0 Å². The van der Waals surface area contributed by atoms with Crippen LogP contribution in [-0.2, 0) is 0 Å². The fourth-order valence-corrected chi connectivity index (χ4v) is 1.60. The zero-order chi connectivity index (χ0) is 13.8. The monoisotopic (exact) mass is 261 g/mol. The molecule has 0 amide bonds. The second kappa shape index (κ2) is 5.65. The third-order valence-electron chi connectivity index (χ3n) is 2.84. The lowest BCUT2D eigenvalue weighted by atomic mass is 10.2. The summed E-state index contributed by atoms with van der Waals surface area (Å²) in [6.45, 7) is 4.66. The van der Waals surface area contributed by atoms with E-state index >= 15 is 0 Å². The molecule has 0 radical (unpaired) electrons. The van der Waals surface area contributed by atoms with Crippen LogP contribution in [0.3, 0.4) is 0 Å². The van der Waals surface area contributed by atoms with Crippen molar-refractivity contribution in [3.05, 3.63) is 42.0 Å². The molecule has 0 saturated carbocycles. The lowest BCUT2D eigenvalue weighted by Gasteiger charge is -2.15. The van der Waals surface area contributed by atoms with Crippen LogP contribution in [0, 0.1) is 12.7 Å². The highest BCUT2D eigenvalue weighted by Crippen LogP contribution is 2.25. The van der Waals surface area contributed by atoms with Crippen molar-refractivity contribution >= 4 is 5.82 Å². The summed E-state index contributed by atoms with van der Waals surface area (Å²) >= 11 is 0. The SMILES string of the molecule is CCN(C)c1cc(Oc2ccc(F)cc2C)ncn1. The van der Waals surface area contributed by atoms with Crippen molar-refractivity contribution in [2.45, 2.75) is 13.8 Å². The van der Waals surface area contributed by atoms with Crippen molar-refractivity contribution < 1.29 is 9.13 Å². The van der Waals surface area contributed by atoms with Gasteiger partial charge < -0.3 is 9.64 Å². The second-order valence-electron chi connectivity index (χ2n) is 4.24.